The average molecular weight is 457 g/mol. The van der Waals surface area contributed by atoms with E-state index in [1.54, 1.807) is 42.5 Å². The molecule has 0 bridgehead atoms. The van der Waals surface area contributed by atoms with Gasteiger partial charge in [-0.1, -0.05) is 17.7 Å². The highest BCUT2D eigenvalue weighted by atomic mass is 35.5. The summed E-state index contributed by atoms with van der Waals surface area (Å²) in [6.45, 7) is 1.85. The number of nitrogens with one attached hydrogen (secondary N) is 2. The van der Waals surface area contributed by atoms with E-state index in [1.807, 2.05) is 6.92 Å². The van der Waals surface area contributed by atoms with Gasteiger partial charge in [0.1, 0.15) is 11.0 Å². The summed E-state index contributed by atoms with van der Waals surface area (Å²) in [5.74, 6) is 0.0177. The van der Waals surface area contributed by atoms with E-state index in [2.05, 4.69) is 20.6 Å². The number of carbonyl (C=O) groups is 1. The maximum Gasteiger partial charge on any atom is 0.416 e. The van der Waals surface area contributed by atoms with Crippen molar-refractivity contribution in [3.8, 4) is 0 Å². The summed E-state index contributed by atoms with van der Waals surface area (Å²) >= 11 is 5.97. The Balaban J connectivity index is 1.59. The van der Waals surface area contributed by atoms with Gasteiger partial charge >= 0.3 is 6.18 Å². The molecule has 0 aliphatic carbocycles. The fraction of sp³-hybridized carbons (Fsp3) is 0.0870. The van der Waals surface area contributed by atoms with E-state index in [0.717, 1.165) is 23.1 Å². The SMILES string of the molecule is Cc1cc(Nc2cccc(C(F)(F)F)c2)nc2ccc(NC(=O)c3cccnc3Cl)cc12. The number of anilines is 3. The molecule has 4 aromatic rings. The number of amides is 1. The van der Waals surface area contributed by atoms with Crippen LogP contribution in [0.25, 0.3) is 10.9 Å². The fourth-order valence-corrected chi connectivity index (χ4v) is 3.42. The molecule has 0 aliphatic rings. The quantitative estimate of drug-likeness (QED) is 0.339. The molecule has 32 heavy (non-hydrogen) atoms. The smallest absolute Gasteiger partial charge is 0.340 e. The van der Waals surface area contributed by atoms with E-state index in [9.17, 15) is 18.0 Å². The third kappa shape index (κ3) is 4.65. The minimum absolute atomic E-state index is 0.106. The van der Waals surface area contributed by atoms with Crippen molar-refractivity contribution in [3.63, 3.8) is 0 Å². The van der Waals surface area contributed by atoms with Crippen molar-refractivity contribution in [3.05, 3.63) is 88.7 Å². The van der Waals surface area contributed by atoms with Crippen molar-refractivity contribution < 1.29 is 18.0 Å². The number of halogens is 4. The van der Waals surface area contributed by atoms with Crippen molar-refractivity contribution in [2.75, 3.05) is 10.6 Å². The van der Waals surface area contributed by atoms with Crippen LogP contribution in [0.4, 0.5) is 30.4 Å². The molecule has 9 heteroatoms. The lowest BCUT2D eigenvalue weighted by Crippen LogP contribution is -2.12. The zero-order chi connectivity index (χ0) is 22.9. The first-order valence-corrected chi connectivity index (χ1v) is 9.86. The maximum atomic E-state index is 13.0. The molecule has 5 nitrogen and oxygen atoms in total. The lowest BCUT2D eigenvalue weighted by Gasteiger charge is -2.13. The minimum Gasteiger partial charge on any atom is -0.340 e. The van der Waals surface area contributed by atoms with Crippen molar-refractivity contribution in [1.29, 1.82) is 0 Å². The van der Waals surface area contributed by atoms with Crippen LogP contribution >= 0.6 is 11.6 Å². The summed E-state index contributed by atoms with van der Waals surface area (Å²) in [7, 11) is 0. The molecule has 0 saturated carbocycles. The molecule has 162 valence electrons. The molecule has 0 atom stereocenters. The molecular weight excluding hydrogens is 441 g/mol. The topological polar surface area (TPSA) is 66.9 Å². The maximum absolute atomic E-state index is 13.0. The molecule has 0 fully saturated rings. The normalized spacial score (nSPS) is 11.4. The average Bonchev–Trinajstić information content (AvgIpc) is 2.74. The first kappa shape index (κ1) is 21.6. The van der Waals surface area contributed by atoms with Crippen molar-refractivity contribution in [2.45, 2.75) is 13.1 Å². The van der Waals surface area contributed by atoms with E-state index in [-0.39, 0.29) is 16.4 Å². The number of benzene rings is 2. The summed E-state index contributed by atoms with van der Waals surface area (Å²) in [5, 5.41) is 6.59. The van der Waals surface area contributed by atoms with Gasteiger partial charge in [0.25, 0.3) is 5.91 Å². The highest BCUT2D eigenvalue weighted by Gasteiger charge is 2.30. The van der Waals surface area contributed by atoms with E-state index in [1.165, 1.54) is 12.3 Å². The number of aromatic nitrogens is 2. The second kappa shape index (κ2) is 8.47. The van der Waals surface area contributed by atoms with Crippen LogP contribution in [0, 0.1) is 6.92 Å². The second-order valence-electron chi connectivity index (χ2n) is 7.06. The van der Waals surface area contributed by atoms with Gasteiger partial charge in [-0.05, 0) is 67.1 Å². The molecule has 0 spiro atoms. The number of rotatable bonds is 4. The van der Waals surface area contributed by atoms with E-state index >= 15 is 0 Å². The van der Waals surface area contributed by atoms with E-state index in [4.69, 9.17) is 11.6 Å². The number of alkyl halides is 3. The summed E-state index contributed by atoms with van der Waals surface area (Å²) < 4.78 is 38.9. The first-order valence-electron chi connectivity index (χ1n) is 9.48. The number of fused-ring (bicyclic) bond motifs is 1. The van der Waals surface area contributed by atoms with Gasteiger partial charge in [-0.15, -0.1) is 0 Å². The molecule has 0 aliphatic heterocycles. The summed E-state index contributed by atoms with van der Waals surface area (Å²) in [5.41, 5.74) is 1.80. The standard InChI is InChI=1S/C23H16ClF3N4O/c1-13-10-20(29-15-5-2-4-14(11-15)23(25,26)27)31-19-8-7-16(12-18(13)19)30-22(32)17-6-3-9-28-21(17)24/h2-12H,1H3,(H,29,31)(H,30,32). The largest absolute Gasteiger partial charge is 0.416 e. The van der Waals surface area contributed by atoms with Gasteiger partial charge < -0.3 is 10.6 Å². The van der Waals surface area contributed by atoms with Crippen LogP contribution in [0.3, 0.4) is 0 Å². The molecular formula is C23H16ClF3N4O. The van der Waals surface area contributed by atoms with Gasteiger partial charge in [0, 0.05) is 23.0 Å². The van der Waals surface area contributed by atoms with Crippen LogP contribution in [0.15, 0.2) is 66.9 Å². The Hall–Kier alpha value is -3.65. The minimum atomic E-state index is -4.43. The number of aryl methyl sites for hydroxylation is 1. The Bertz CT molecular complexity index is 1320. The molecule has 2 aromatic heterocycles. The fourth-order valence-electron chi connectivity index (χ4n) is 3.21. The van der Waals surface area contributed by atoms with E-state index in [0.29, 0.717) is 17.0 Å². The van der Waals surface area contributed by atoms with Gasteiger partial charge in [0.2, 0.25) is 0 Å². The monoisotopic (exact) mass is 456 g/mol. The predicted molar refractivity (Wildman–Crippen MR) is 118 cm³/mol. The third-order valence-corrected chi connectivity index (χ3v) is 5.04. The Morgan fingerprint density at radius 3 is 2.56 bits per heavy atom. The Kier molecular flexibility index (Phi) is 5.71. The van der Waals surface area contributed by atoms with Crippen LogP contribution in [0.5, 0.6) is 0 Å². The molecule has 0 unspecified atom stereocenters. The van der Waals surface area contributed by atoms with Crippen LogP contribution in [0.1, 0.15) is 21.5 Å². The molecule has 4 rings (SSSR count). The Labute approximate surface area is 186 Å². The lowest BCUT2D eigenvalue weighted by atomic mass is 10.1. The van der Waals surface area contributed by atoms with Crippen LogP contribution in [-0.4, -0.2) is 15.9 Å². The van der Waals surface area contributed by atoms with Crippen molar-refractivity contribution >= 4 is 45.6 Å². The van der Waals surface area contributed by atoms with Gasteiger partial charge in [0.15, 0.2) is 0 Å². The van der Waals surface area contributed by atoms with Gasteiger partial charge in [-0.2, -0.15) is 13.2 Å². The molecule has 2 N–H and O–H groups in total. The van der Waals surface area contributed by atoms with Gasteiger partial charge in [-0.3, -0.25) is 4.79 Å². The van der Waals surface area contributed by atoms with E-state index < -0.39 is 17.6 Å². The molecule has 0 radical (unpaired) electrons. The van der Waals surface area contributed by atoms with Crippen molar-refractivity contribution in [2.24, 2.45) is 0 Å². The Morgan fingerprint density at radius 2 is 1.81 bits per heavy atom. The van der Waals surface area contributed by atoms with Crippen LogP contribution in [0.2, 0.25) is 5.15 Å². The first-order chi connectivity index (χ1) is 15.2. The van der Waals surface area contributed by atoms with Gasteiger partial charge in [-0.25, -0.2) is 9.97 Å². The summed E-state index contributed by atoms with van der Waals surface area (Å²) in [4.78, 5) is 20.8. The third-order valence-electron chi connectivity index (χ3n) is 4.74. The zero-order valence-corrected chi connectivity index (χ0v) is 17.4. The Morgan fingerprint density at radius 1 is 1.00 bits per heavy atom. The van der Waals surface area contributed by atoms with Gasteiger partial charge in [0.05, 0.1) is 16.6 Å². The highest BCUT2D eigenvalue weighted by molar-refractivity contribution is 6.33. The summed E-state index contributed by atoms with van der Waals surface area (Å²) in [6.07, 6.45) is -2.93. The predicted octanol–water partition coefficient (Wildman–Crippen LogP) is 6.61. The number of pyridine rings is 2. The van der Waals surface area contributed by atoms with Crippen LogP contribution < -0.4 is 10.6 Å². The number of carbonyl (C=O) groups excluding carboxylic acids is 1. The number of hydrogen-bond donors (Lipinski definition) is 2. The second-order valence-corrected chi connectivity index (χ2v) is 7.41. The zero-order valence-electron chi connectivity index (χ0n) is 16.7. The number of nitrogens with zero attached hydrogens (tertiary/aromatic N) is 2. The number of hydrogen-bond acceptors (Lipinski definition) is 4. The molecule has 2 heterocycles. The van der Waals surface area contributed by atoms with Crippen LogP contribution in [-0.2, 0) is 6.18 Å². The molecule has 1 amide bonds. The molecule has 2 aromatic carbocycles. The lowest BCUT2D eigenvalue weighted by molar-refractivity contribution is -0.137. The van der Waals surface area contributed by atoms with Crippen molar-refractivity contribution in [1.82, 2.24) is 9.97 Å². The summed E-state index contributed by atoms with van der Waals surface area (Å²) in [6, 6.07) is 15.0. The molecule has 0 saturated heterocycles. The highest BCUT2D eigenvalue weighted by Crippen LogP contribution is 2.32.